The Morgan fingerprint density at radius 2 is 2.10 bits per heavy atom. The summed E-state index contributed by atoms with van der Waals surface area (Å²) >= 11 is 0. The van der Waals surface area contributed by atoms with E-state index in [2.05, 4.69) is 29.7 Å². The first kappa shape index (κ1) is 15.1. The third kappa shape index (κ3) is 3.87. The van der Waals surface area contributed by atoms with Crippen molar-refractivity contribution in [2.45, 2.75) is 25.8 Å². The van der Waals surface area contributed by atoms with Crippen molar-refractivity contribution >= 4 is 0 Å². The average Bonchev–Trinajstić information content (AvgIpc) is 2.52. The second kappa shape index (κ2) is 7.50. The van der Waals surface area contributed by atoms with Crippen LogP contribution in [0, 0.1) is 5.92 Å². The molecule has 0 amide bonds. The topological polar surface area (TPSA) is 42.5 Å². The minimum Gasteiger partial charge on any atom is -0.493 e. The predicted octanol–water partition coefficient (Wildman–Crippen LogP) is 2.35. The maximum atomic E-state index is 5.36. The van der Waals surface area contributed by atoms with Crippen molar-refractivity contribution in [2.75, 3.05) is 33.9 Å². The Bertz CT molecular complexity index is 417. The second-order valence-electron chi connectivity index (χ2n) is 5.46. The molecular weight excluding hydrogens is 252 g/mol. The van der Waals surface area contributed by atoms with Crippen LogP contribution in [0.3, 0.4) is 0 Å². The zero-order valence-corrected chi connectivity index (χ0v) is 12.7. The first-order chi connectivity index (χ1) is 9.74. The van der Waals surface area contributed by atoms with Crippen molar-refractivity contribution in [1.29, 1.82) is 0 Å². The van der Waals surface area contributed by atoms with Crippen LogP contribution < -0.4 is 20.1 Å². The van der Waals surface area contributed by atoms with E-state index in [1.807, 2.05) is 6.07 Å². The van der Waals surface area contributed by atoms with Crippen LogP contribution in [0.5, 0.6) is 11.5 Å². The van der Waals surface area contributed by atoms with E-state index in [4.69, 9.17) is 9.47 Å². The first-order valence-electron chi connectivity index (χ1n) is 7.40. The minimum atomic E-state index is 0.316. The van der Waals surface area contributed by atoms with E-state index in [9.17, 15) is 0 Å². The molecule has 1 aliphatic heterocycles. The van der Waals surface area contributed by atoms with Gasteiger partial charge in [-0.3, -0.25) is 0 Å². The van der Waals surface area contributed by atoms with Crippen LogP contribution >= 0.6 is 0 Å². The highest BCUT2D eigenvalue weighted by atomic mass is 16.5. The van der Waals surface area contributed by atoms with Gasteiger partial charge in [-0.25, -0.2) is 0 Å². The molecule has 2 rings (SSSR count). The summed E-state index contributed by atoms with van der Waals surface area (Å²) in [4.78, 5) is 0. The summed E-state index contributed by atoms with van der Waals surface area (Å²) in [6.45, 7) is 5.55. The molecule has 2 atom stereocenters. The molecule has 0 saturated carbocycles. The van der Waals surface area contributed by atoms with Crippen molar-refractivity contribution in [2.24, 2.45) is 5.92 Å². The van der Waals surface area contributed by atoms with Gasteiger partial charge in [0.25, 0.3) is 0 Å². The molecule has 0 spiro atoms. The lowest BCUT2D eigenvalue weighted by molar-refractivity contribution is 0.345. The number of nitrogens with one attached hydrogen (secondary N) is 2. The van der Waals surface area contributed by atoms with Gasteiger partial charge >= 0.3 is 0 Å². The Labute approximate surface area is 121 Å². The van der Waals surface area contributed by atoms with E-state index in [1.54, 1.807) is 14.2 Å². The Hall–Kier alpha value is -1.26. The van der Waals surface area contributed by atoms with E-state index >= 15 is 0 Å². The quantitative estimate of drug-likeness (QED) is 0.838. The molecule has 1 heterocycles. The molecule has 1 fully saturated rings. The standard InChI is InChI=1S/C16H26N2O2/c1-12(18-11-13-5-4-8-17-10-13)14-6-7-15(19-2)16(9-14)20-3/h6-7,9,12-13,17-18H,4-5,8,10-11H2,1-3H3. The van der Waals surface area contributed by atoms with Crippen LogP contribution in [0.1, 0.15) is 31.4 Å². The monoisotopic (exact) mass is 278 g/mol. The summed E-state index contributed by atoms with van der Waals surface area (Å²) in [5.74, 6) is 2.31. The zero-order valence-electron chi connectivity index (χ0n) is 12.7. The molecule has 1 aliphatic rings. The van der Waals surface area contributed by atoms with E-state index in [1.165, 1.54) is 24.9 Å². The van der Waals surface area contributed by atoms with Crippen molar-refractivity contribution in [3.8, 4) is 11.5 Å². The molecule has 2 N–H and O–H groups in total. The molecule has 1 aromatic carbocycles. The first-order valence-corrected chi connectivity index (χ1v) is 7.40. The molecule has 2 unspecified atom stereocenters. The molecular formula is C16H26N2O2. The van der Waals surface area contributed by atoms with Crippen LogP contribution in [0.25, 0.3) is 0 Å². The summed E-state index contributed by atoms with van der Waals surface area (Å²) in [7, 11) is 3.34. The van der Waals surface area contributed by atoms with E-state index in [0.717, 1.165) is 30.5 Å². The summed E-state index contributed by atoms with van der Waals surface area (Å²) in [6.07, 6.45) is 2.61. The fraction of sp³-hybridized carbons (Fsp3) is 0.625. The Morgan fingerprint density at radius 1 is 1.30 bits per heavy atom. The molecule has 1 aromatic rings. The van der Waals surface area contributed by atoms with Gasteiger partial charge in [-0.05, 0) is 63.0 Å². The van der Waals surface area contributed by atoms with Crippen LogP contribution in [-0.4, -0.2) is 33.9 Å². The maximum Gasteiger partial charge on any atom is 0.161 e. The Morgan fingerprint density at radius 3 is 2.75 bits per heavy atom. The molecule has 0 bridgehead atoms. The van der Waals surface area contributed by atoms with E-state index in [0.29, 0.717) is 6.04 Å². The number of hydrogen-bond acceptors (Lipinski definition) is 4. The van der Waals surface area contributed by atoms with Gasteiger partial charge in [0.05, 0.1) is 14.2 Å². The van der Waals surface area contributed by atoms with Gasteiger partial charge in [-0.2, -0.15) is 0 Å². The Kier molecular flexibility index (Phi) is 5.68. The van der Waals surface area contributed by atoms with Gasteiger partial charge in [0.15, 0.2) is 11.5 Å². The lowest BCUT2D eigenvalue weighted by atomic mass is 9.99. The smallest absolute Gasteiger partial charge is 0.161 e. The number of hydrogen-bond donors (Lipinski definition) is 2. The molecule has 1 saturated heterocycles. The van der Waals surface area contributed by atoms with Crippen LogP contribution in [0.15, 0.2) is 18.2 Å². The number of methoxy groups -OCH3 is 2. The lowest BCUT2D eigenvalue weighted by Crippen LogP contribution is -2.36. The average molecular weight is 278 g/mol. The van der Waals surface area contributed by atoms with Gasteiger partial charge in [-0.15, -0.1) is 0 Å². The lowest BCUT2D eigenvalue weighted by Gasteiger charge is -2.25. The van der Waals surface area contributed by atoms with Gasteiger partial charge in [0.2, 0.25) is 0 Å². The van der Waals surface area contributed by atoms with E-state index < -0.39 is 0 Å². The van der Waals surface area contributed by atoms with Crippen molar-refractivity contribution in [3.63, 3.8) is 0 Å². The SMILES string of the molecule is COc1ccc(C(C)NCC2CCCNC2)cc1OC. The molecule has 0 aromatic heterocycles. The summed E-state index contributed by atoms with van der Waals surface area (Å²) in [5, 5.41) is 7.08. The molecule has 0 radical (unpaired) electrons. The number of benzene rings is 1. The van der Waals surface area contributed by atoms with Gasteiger partial charge in [-0.1, -0.05) is 6.07 Å². The molecule has 4 heteroatoms. The van der Waals surface area contributed by atoms with Crippen LogP contribution in [0.2, 0.25) is 0 Å². The zero-order chi connectivity index (χ0) is 14.4. The van der Waals surface area contributed by atoms with Gasteiger partial charge < -0.3 is 20.1 Å². The minimum absolute atomic E-state index is 0.316. The van der Waals surface area contributed by atoms with E-state index in [-0.39, 0.29) is 0 Å². The highest BCUT2D eigenvalue weighted by molar-refractivity contribution is 5.43. The second-order valence-corrected chi connectivity index (χ2v) is 5.46. The molecule has 0 aliphatic carbocycles. The van der Waals surface area contributed by atoms with Gasteiger partial charge in [0.1, 0.15) is 0 Å². The van der Waals surface area contributed by atoms with Crippen molar-refractivity contribution in [1.82, 2.24) is 10.6 Å². The summed E-state index contributed by atoms with van der Waals surface area (Å²) < 4.78 is 10.6. The highest BCUT2D eigenvalue weighted by Crippen LogP contribution is 2.29. The predicted molar refractivity (Wildman–Crippen MR) is 81.6 cm³/mol. The third-order valence-electron chi connectivity index (χ3n) is 4.02. The third-order valence-corrected chi connectivity index (χ3v) is 4.02. The normalized spacial score (nSPS) is 20.4. The van der Waals surface area contributed by atoms with Gasteiger partial charge in [0, 0.05) is 6.04 Å². The number of rotatable bonds is 6. The fourth-order valence-corrected chi connectivity index (χ4v) is 2.68. The summed E-state index contributed by atoms with van der Waals surface area (Å²) in [6, 6.07) is 6.43. The molecule has 20 heavy (non-hydrogen) atoms. The molecule has 112 valence electrons. The highest BCUT2D eigenvalue weighted by Gasteiger charge is 2.15. The Balaban J connectivity index is 1.92. The van der Waals surface area contributed by atoms with Crippen molar-refractivity contribution in [3.05, 3.63) is 23.8 Å². The molecule has 4 nitrogen and oxygen atoms in total. The van der Waals surface area contributed by atoms with Crippen molar-refractivity contribution < 1.29 is 9.47 Å². The van der Waals surface area contributed by atoms with Crippen LogP contribution in [-0.2, 0) is 0 Å². The van der Waals surface area contributed by atoms with Crippen LogP contribution in [0.4, 0.5) is 0 Å². The fourth-order valence-electron chi connectivity index (χ4n) is 2.68. The largest absolute Gasteiger partial charge is 0.493 e. The number of piperidine rings is 1. The summed E-state index contributed by atoms with van der Waals surface area (Å²) in [5.41, 5.74) is 1.23. The number of ether oxygens (including phenoxy) is 2. The maximum absolute atomic E-state index is 5.36.